The molecule has 158 valence electrons. The van der Waals surface area contributed by atoms with Gasteiger partial charge in [-0.15, -0.1) is 21.5 Å². The smallest absolute Gasteiger partial charge is 0.236 e. The van der Waals surface area contributed by atoms with Gasteiger partial charge < -0.3 is 10.1 Å². The number of benzene rings is 2. The van der Waals surface area contributed by atoms with E-state index in [1.54, 1.807) is 19.6 Å². The SMILES string of the molecule is COc1ccc(-n2cnnc2SCC(=O)Nc2ncc(Cc3ccccc3Cl)s2)cc1. The molecule has 2 aromatic carbocycles. The molecule has 1 N–H and O–H groups in total. The predicted molar refractivity (Wildman–Crippen MR) is 124 cm³/mol. The van der Waals surface area contributed by atoms with E-state index in [4.69, 9.17) is 16.3 Å². The first kappa shape index (κ1) is 21.4. The number of carbonyl (C=O) groups is 1. The highest BCUT2D eigenvalue weighted by atomic mass is 35.5. The zero-order valence-electron chi connectivity index (χ0n) is 16.5. The van der Waals surface area contributed by atoms with Crippen LogP contribution >= 0.6 is 34.7 Å². The number of nitrogens with zero attached hydrogens (tertiary/aromatic N) is 4. The highest BCUT2D eigenvalue weighted by molar-refractivity contribution is 7.99. The van der Waals surface area contributed by atoms with Crippen LogP contribution in [0.15, 0.2) is 66.2 Å². The normalized spacial score (nSPS) is 10.8. The average Bonchev–Trinajstić information content (AvgIpc) is 3.43. The van der Waals surface area contributed by atoms with Crippen molar-refractivity contribution < 1.29 is 9.53 Å². The molecule has 0 saturated carbocycles. The number of amides is 1. The van der Waals surface area contributed by atoms with E-state index in [0.717, 1.165) is 26.9 Å². The molecule has 0 aliphatic heterocycles. The Morgan fingerprint density at radius 3 is 2.81 bits per heavy atom. The van der Waals surface area contributed by atoms with Crippen LogP contribution < -0.4 is 10.1 Å². The maximum absolute atomic E-state index is 12.4. The van der Waals surface area contributed by atoms with Crippen LogP contribution in [0.3, 0.4) is 0 Å². The van der Waals surface area contributed by atoms with Gasteiger partial charge in [-0.05, 0) is 35.9 Å². The van der Waals surface area contributed by atoms with Crippen molar-refractivity contribution in [1.29, 1.82) is 0 Å². The molecule has 0 saturated heterocycles. The van der Waals surface area contributed by atoms with Crippen molar-refractivity contribution in [3.63, 3.8) is 0 Å². The molecule has 0 radical (unpaired) electrons. The third-order valence-corrected chi connectivity index (χ3v) is 6.55. The maximum atomic E-state index is 12.4. The molecule has 4 rings (SSSR count). The van der Waals surface area contributed by atoms with E-state index in [0.29, 0.717) is 16.7 Å². The quantitative estimate of drug-likeness (QED) is 0.375. The monoisotopic (exact) mass is 471 g/mol. The van der Waals surface area contributed by atoms with Crippen LogP contribution in [0, 0.1) is 0 Å². The summed E-state index contributed by atoms with van der Waals surface area (Å²) >= 11 is 8.96. The van der Waals surface area contributed by atoms with Gasteiger partial charge in [-0.1, -0.05) is 41.6 Å². The van der Waals surface area contributed by atoms with Gasteiger partial charge in [-0.25, -0.2) is 4.98 Å². The number of carbonyl (C=O) groups excluding carboxylic acids is 1. The first-order valence-corrected chi connectivity index (χ1v) is 11.5. The van der Waals surface area contributed by atoms with Gasteiger partial charge in [-0.3, -0.25) is 9.36 Å². The maximum Gasteiger partial charge on any atom is 0.236 e. The molecule has 2 heterocycles. The number of hydrogen-bond acceptors (Lipinski definition) is 7. The fourth-order valence-electron chi connectivity index (χ4n) is 2.80. The van der Waals surface area contributed by atoms with E-state index < -0.39 is 0 Å². The minimum atomic E-state index is -0.159. The molecule has 10 heteroatoms. The van der Waals surface area contributed by atoms with Crippen LogP contribution in [0.1, 0.15) is 10.4 Å². The number of rotatable bonds is 8. The van der Waals surface area contributed by atoms with Crippen LogP contribution in [0.5, 0.6) is 5.75 Å². The molecule has 31 heavy (non-hydrogen) atoms. The Kier molecular flexibility index (Phi) is 6.86. The lowest BCUT2D eigenvalue weighted by Gasteiger charge is -2.07. The lowest BCUT2D eigenvalue weighted by molar-refractivity contribution is -0.113. The van der Waals surface area contributed by atoms with Gasteiger partial charge in [0.15, 0.2) is 10.3 Å². The number of nitrogens with one attached hydrogen (secondary N) is 1. The van der Waals surface area contributed by atoms with Crippen molar-refractivity contribution in [2.75, 3.05) is 18.2 Å². The molecule has 1 amide bonds. The van der Waals surface area contributed by atoms with Gasteiger partial charge in [0.25, 0.3) is 0 Å². The van der Waals surface area contributed by atoms with Crippen molar-refractivity contribution in [1.82, 2.24) is 19.7 Å². The van der Waals surface area contributed by atoms with Crippen molar-refractivity contribution in [3.8, 4) is 11.4 Å². The molecular formula is C21H18ClN5O2S2. The number of methoxy groups -OCH3 is 1. The fraction of sp³-hybridized carbons (Fsp3) is 0.143. The van der Waals surface area contributed by atoms with Gasteiger partial charge in [0, 0.05) is 28.2 Å². The van der Waals surface area contributed by atoms with E-state index in [9.17, 15) is 4.79 Å². The number of anilines is 1. The second-order valence-electron chi connectivity index (χ2n) is 6.42. The molecule has 2 aromatic heterocycles. The summed E-state index contributed by atoms with van der Waals surface area (Å²) in [5.74, 6) is 0.796. The second-order valence-corrected chi connectivity index (χ2v) is 8.88. The molecule has 0 aliphatic rings. The van der Waals surface area contributed by atoms with E-state index in [1.165, 1.54) is 23.1 Å². The van der Waals surface area contributed by atoms with Crippen LogP contribution in [0.4, 0.5) is 5.13 Å². The summed E-state index contributed by atoms with van der Waals surface area (Å²) in [5.41, 5.74) is 1.91. The first-order valence-electron chi connectivity index (χ1n) is 9.27. The average molecular weight is 472 g/mol. The summed E-state index contributed by atoms with van der Waals surface area (Å²) in [6.45, 7) is 0. The topological polar surface area (TPSA) is 81.9 Å². The van der Waals surface area contributed by atoms with Crippen LogP contribution in [-0.4, -0.2) is 38.5 Å². The van der Waals surface area contributed by atoms with Crippen LogP contribution in [0.2, 0.25) is 5.02 Å². The van der Waals surface area contributed by atoms with Gasteiger partial charge in [0.1, 0.15) is 12.1 Å². The zero-order chi connectivity index (χ0) is 21.6. The first-order chi connectivity index (χ1) is 15.1. The Bertz CT molecular complexity index is 1180. The lowest BCUT2D eigenvalue weighted by Crippen LogP contribution is -2.14. The molecule has 7 nitrogen and oxygen atoms in total. The molecule has 0 unspecified atom stereocenters. The number of aromatic nitrogens is 4. The van der Waals surface area contributed by atoms with E-state index >= 15 is 0 Å². The fourth-order valence-corrected chi connectivity index (χ4v) is 4.59. The number of ether oxygens (including phenoxy) is 1. The predicted octanol–water partition coefficient (Wildman–Crippen LogP) is 4.71. The van der Waals surface area contributed by atoms with Crippen molar-refractivity contribution >= 4 is 45.7 Å². The van der Waals surface area contributed by atoms with E-state index in [1.807, 2.05) is 53.1 Å². The van der Waals surface area contributed by atoms with Crippen LogP contribution in [-0.2, 0) is 11.2 Å². The van der Waals surface area contributed by atoms with Gasteiger partial charge in [0.05, 0.1) is 12.9 Å². The minimum Gasteiger partial charge on any atom is -0.497 e. The number of thioether (sulfide) groups is 1. The summed E-state index contributed by atoms with van der Waals surface area (Å²) in [6, 6.07) is 15.2. The molecular weight excluding hydrogens is 454 g/mol. The lowest BCUT2D eigenvalue weighted by atomic mass is 10.1. The van der Waals surface area contributed by atoms with Crippen LogP contribution in [0.25, 0.3) is 5.69 Å². The standard InChI is InChI=1S/C21H18ClN5O2S2/c1-29-16-8-6-15(7-9-16)27-13-24-26-21(27)30-12-19(28)25-20-23-11-17(31-20)10-14-4-2-3-5-18(14)22/h2-9,11,13H,10,12H2,1H3,(H,23,25,28). The molecule has 0 fully saturated rings. The second kappa shape index (κ2) is 9.95. The van der Waals surface area contributed by atoms with Crippen molar-refractivity contribution in [3.05, 3.63) is 76.5 Å². The zero-order valence-corrected chi connectivity index (χ0v) is 18.9. The molecule has 0 aliphatic carbocycles. The summed E-state index contributed by atoms with van der Waals surface area (Å²) in [6.07, 6.45) is 4.05. The number of hydrogen-bond donors (Lipinski definition) is 1. The largest absolute Gasteiger partial charge is 0.497 e. The minimum absolute atomic E-state index is 0.159. The third-order valence-electron chi connectivity index (χ3n) is 4.32. The van der Waals surface area contributed by atoms with Gasteiger partial charge in [0.2, 0.25) is 5.91 Å². The molecule has 0 spiro atoms. The van der Waals surface area contributed by atoms with Gasteiger partial charge in [-0.2, -0.15) is 0 Å². The number of halogens is 1. The third kappa shape index (κ3) is 5.43. The summed E-state index contributed by atoms with van der Waals surface area (Å²) in [5, 5.41) is 12.8. The molecule has 0 atom stereocenters. The Hall–Kier alpha value is -2.88. The van der Waals surface area contributed by atoms with Gasteiger partial charge >= 0.3 is 0 Å². The summed E-state index contributed by atoms with van der Waals surface area (Å²) < 4.78 is 7.00. The Morgan fingerprint density at radius 1 is 1.23 bits per heavy atom. The van der Waals surface area contributed by atoms with E-state index in [2.05, 4.69) is 20.5 Å². The Morgan fingerprint density at radius 2 is 2.03 bits per heavy atom. The Balaban J connectivity index is 1.34. The summed E-state index contributed by atoms with van der Waals surface area (Å²) in [7, 11) is 1.62. The highest BCUT2D eigenvalue weighted by Gasteiger charge is 2.12. The molecule has 4 aromatic rings. The van der Waals surface area contributed by atoms with Crippen molar-refractivity contribution in [2.24, 2.45) is 0 Å². The summed E-state index contributed by atoms with van der Waals surface area (Å²) in [4.78, 5) is 17.7. The Labute approximate surface area is 192 Å². The number of thiazole rings is 1. The van der Waals surface area contributed by atoms with E-state index in [-0.39, 0.29) is 11.7 Å². The molecule has 0 bridgehead atoms. The van der Waals surface area contributed by atoms with Crippen molar-refractivity contribution in [2.45, 2.75) is 11.6 Å². The highest BCUT2D eigenvalue weighted by Crippen LogP contribution is 2.25.